The van der Waals surface area contributed by atoms with Crippen molar-refractivity contribution in [3.63, 3.8) is 0 Å². The maximum absolute atomic E-state index is 10.2. The lowest BCUT2D eigenvalue weighted by molar-refractivity contribution is -0.257. The second-order valence-corrected chi connectivity index (χ2v) is 7.08. The summed E-state index contributed by atoms with van der Waals surface area (Å²) in [6.45, 7) is -0.274. The van der Waals surface area contributed by atoms with Crippen LogP contribution in [0.15, 0.2) is 59.3 Å². The van der Waals surface area contributed by atoms with Crippen molar-refractivity contribution in [2.24, 2.45) is 0 Å². The van der Waals surface area contributed by atoms with Crippen LogP contribution in [0.4, 0.5) is 0 Å². The average molecular weight is 421 g/mol. The molecule has 2 heterocycles. The summed E-state index contributed by atoms with van der Waals surface area (Å²) in [5, 5.41) is 69.1. The number of hydrogen-bond donors (Lipinski definition) is 7. The van der Waals surface area contributed by atoms with Crippen molar-refractivity contribution in [1.29, 1.82) is 0 Å². The zero-order chi connectivity index (χ0) is 21.6. The Kier molecular flexibility index (Phi) is 5.08. The average Bonchev–Trinajstić information content (AvgIpc) is 2.70. The van der Waals surface area contributed by atoms with Crippen molar-refractivity contribution >= 4 is 5.76 Å². The minimum atomic E-state index is -1.56. The molecule has 10 nitrogen and oxygen atoms in total. The molecule has 10 heteroatoms. The molecule has 160 valence electrons. The minimum absolute atomic E-state index is 0.0359. The third kappa shape index (κ3) is 3.57. The van der Waals surface area contributed by atoms with Crippen molar-refractivity contribution in [2.45, 2.75) is 30.7 Å². The zero-order valence-corrected chi connectivity index (χ0v) is 15.5. The summed E-state index contributed by atoms with van der Waals surface area (Å²) in [6, 6.07) is 3.96. The van der Waals surface area contributed by atoms with E-state index < -0.39 is 36.5 Å². The lowest BCUT2D eigenvalue weighted by Crippen LogP contribution is -2.53. The first kappa shape index (κ1) is 20.1. The van der Waals surface area contributed by atoms with Crippen molar-refractivity contribution < 1.29 is 50.0 Å². The van der Waals surface area contributed by atoms with Gasteiger partial charge in [-0.1, -0.05) is 0 Å². The van der Waals surface area contributed by atoms with Gasteiger partial charge in [-0.25, -0.2) is 0 Å². The Morgan fingerprint density at radius 2 is 1.73 bits per heavy atom. The second kappa shape index (κ2) is 7.58. The molecule has 3 aliphatic rings. The number of fused-ring (bicyclic) bond motifs is 1. The number of aliphatic hydroxyl groups excluding tert-OH is 5. The number of phenols is 2. The molecule has 8 N–H and O–H groups in total. The summed E-state index contributed by atoms with van der Waals surface area (Å²) >= 11 is 0. The first-order chi connectivity index (χ1) is 14.2. The minimum Gasteiger partial charge on any atom is -0.571 e. The lowest BCUT2D eigenvalue weighted by atomic mass is 9.97. The number of allylic oxidation sites excluding steroid dienone is 2. The first-order valence-corrected chi connectivity index (χ1v) is 9.08. The number of benzene rings is 1. The lowest BCUT2D eigenvalue weighted by Gasteiger charge is -2.36. The van der Waals surface area contributed by atoms with Crippen LogP contribution in [0.1, 0.15) is 5.56 Å². The zero-order valence-electron chi connectivity index (χ0n) is 15.5. The van der Waals surface area contributed by atoms with Gasteiger partial charge in [0, 0.05) is 18.2 Å². The highest BCUT2D eigenvalue weighted by molar-refractivity contribution is 5.69. The Labute approximate surface area is 170 Å². The maximum atomic E-state index is 10.2. The van der Waals surface area contributed by atoms with Crippen LogP contribution in [-0.2, 0) is 9.47 Å². The van der Waals surface area contributed by atoms with E-state index in [0.29, 0.717) is 11.1 Å². The highest BCUT2D eigenvalue weighted by Gasteiger charge is 2.42. The van der Waals surface area contributed by atoms with Crippen LogP contribution in [0.2, 0.25) is 0 Å². The molecule has 0 spiro atoms. The van der Waals surface area contributed by atoms with Crippen molar-refractivity contribution in [2.75, 3.05) is 6.61 Å². The molecule has 1 aromatic rings. The highest BCUT2D eigenvalue weighted by atomic mass is 16.7. The number of ether oxygens (including phenoxy) is 3. The molecule has 0 bridgehead atoms. The summed E-state index contributed by atoms with van der Waals surface area (Å²) in [7, 11) is 0. The SMILES string of the molecule is OC1=CC2[OH+]C(c3ccc(O)c(O)c3)=C(O[C@@H]3OC[C@H](O)C(O)C3O)C=C2C(O)=C1. The van der Waals surface area contributed by atoms with Gasteiger partial charge < -0.3 is 50.0 Å². The molecule has 5 atom stereocenters. The summed E-state index contributed by atoms with van der Waals surface area (Å²) in [6.07, 6.45) is -2.47. The van der Waals surface area contributed by atoms with Gasteiger partial charge in [-0.05, 0) is 12.1 Å². The van der Waals surface area contributed by atoms with E-state index >= 15 is 0 Å². The number of aliphatic hydroxyl groups is 7. The van der Waals surface area contributed by atoms with E-state index in [2.05, 4.69) is 4.74 Å². The topological polar surface area (TPSA) is 173 Å². The van der Waals surface area contributed by atoms with E-state index in [1.54, 1.807) is 0 Å². The molecular weight excluding hydrogens is 400 g/mol. The molecule has 0 amide bonds. The Morgan fingerprint density at radius 1 is 0.967 bits per heavy atom. The van der Waals surface area contributed by atoms with E-state index in [-0.39, 0.29) is 35.4 Å². The van der Waals surface area contributed by atoms with Gasteiger partial charge in [0.2, 0.25) is 18.2 Å². The van der Waals surface area contributed by atoms with Gasteiger partial charge in [-0.3, -0.25) is 0 Å². The molecule has 4 rings (SSSR count). The predicted molar refractivity (Wildman–Crippen MR) is 101 cm³/mol. The largest absolute Gasteiger partial charge is 0.571 e. The van der Waals surface area contributed by atoms with Crippen molar-refractivity contribution in [3.8, 4) is 11.5 Å². The first-order valence-electron chi connectivity index (χ1n) is 9.08. The van der Waals surface area contributed by atoms with E-state index in [9.17, 15) is 35.7 Å². The molecule has 1 fully saturated rings. The van der Waals surface area contributed by atoms with Crippen LogP contribution in [0, 0.1) is 0 Å². The smallest absolute Gasteiger partial charge is 0.305 e. The third-order valence-corrected chi connectivity index (χ3v) is 4.96. The van der Waals surface area contributed by atoms with Gasteiger partial charge in [0.15, 0.2) is 11.5 Å². The summed E-state index contributed by atoms with van der Waals surface area (Å²) in [5.41, 5.74) is 0.642. The molecule has 1 saturated heterocycles. The van der Waals surface area contributed by atoms with Gasteiger partial charge in [-0.15, -0.1) is 0 Å². The molecule has 1 aromatic carbocycles. The predicted octanol–water partition coefficient (Wildman–Crippen LogP) is -0.0440. The van der Waals surface area contributed by atoms with Crippen LogP contribution in [0.3, 0.4) is 0 Å². The fourth-order valence-electron chi connectivity index (χ4n) is 3.34. The molecule has 3 unspecified atom stereocenters. The van der Waals surface area contributed by atoms with Crippen molar-refractivity contribution in [3.05, 3.63) is 64.8 Å². The van der Waals surface area contributed by atoms with Gasteiger partial charge in [0.05, 0.1) is 23.8 Å². The summed E-state index contributed by atoms with van der Waals surface area (Å²) < 4.78 is 15.5. The second-order valence-electron chi connectivity index (χ2n) is 7.08. The monoisotopic (exact) mass is 421 g/mol. The van der Waals surface area contributed by atoms with E-state index in [0.717, 1.165) is 6.08 Å². The molecule has 2 aliphatic heterocycles. The van der Waals surface area contributed by atoms with Gasteiger partial charge in [-0.2, -0.15) is 0 Å². The van der Waals surface area contributed by atoms with Crippen LogP contribution in [0.5, 0.6) is 11.5 Å². The van der Waals surface area contributed by atoms with Crippen LogP contribution < -0.4 is 0 Å². The van der Waals surface area contributed by atoms with E-state index in [1.807, 2.05) is 0 Å². The van der Waals surface area contributed by atoms with Crippen molar-refractivity contribution in [1.82, 2.24) is 0 Å². The number of aromatic hydroxyl groups is 2. The summed E-state index contributed by atoms with van der Waals surface area (Å²) in [5.74, 6) is -0.950. The maximum Gasteiger partial charge on any atom is 0.305 e. The Hall–Kier alpha value is -3.18. The van der Waals surface area contributed by atoms with Gasteiger partial charge in [0.25, 0.3) is 0 Å². The molecule has 0 saturated carbocycles. The third-order valence-electron chi connectivity index (χ3n) is 4.96. The molecular formula is C20H21O10+. The summed E-state index contributed by atoms with van der Waals surface area (Å²) in [4.78, 5) is 0. The van der Waals surface area contributed by atoms with Crippen LogP contribution in [0.25, 0.3) is 5.76 Å². The van der Waals surface area contributed by atoms with Crippen LogP contribution >= 0.6 is 0 Å². The highest BCUT2D eigenvalue weighted by Crippen LogP contribution is 2.37. The molecule has 0 aromatic heterocycles. The molecule has 1 aliphatic carbocycles. The Balaban J connectivity index is 1.75. The molecule has 0 radical (unpaired) electrons. The standard InChI is InChI=1S/C20H20O10/c21-9-4-12(23)10-6-16(30-20-18(27)17(26)14(25)7-28-20)19(29-15(10)5-9)8-1-2-11(22)13(24)3-8/h1-6,14-15,17-18,20-27H,7H2/p+1/t14-,15?,17?,18?,20-/m0/s1. The number of rotatable bonds is 3. The van der Waals surface area contributed by atoms with Crippen LogP contribution in [-0.4, -0.2) is 77.8 Å². The Bertz CT molecular complexity index is 976. The molecule has 30 heavy (non-hydrogen) atoms. The van der Waals surface area contributed by atoms with E-state index in [4.69, 9.17) is 9.47 Å². The fourth-order valence-corrected chi connectivity index (χ4v) is 3.34. The number of phenolic OH excluding ortho intramolecular Hbond substituents is 2. The normalized spacial score (nSPS) is 31.2. The quantitative estimate of drug-likeness (QED) is 0.261. The fraction of sp³-hybridized carbons (Fsp3) is 0.300. The Morgan fingerprint density at radius 3 is 2.47 bits per heavy atom. The van der Waals surface area contributed by atoms with Gasteiger partial charge in [0.1, 0.15) is 29.8 Å². The van der Waals surface area contributed by atoms with Gasteiger partial charge >= 0.3 is 5.76 Å². The van der Waals surface area contributed by atoms with E-state index in [1.165, 1.54) is 30.4 Å². The number of hydrogen-bond acceptors (Lipinski definition) is 9.